The standard InChI is InChI=1S/C16H20ClN3O/c1-11(13-3-2-6-19-10-13)7-16(21)20-14-5-4-12(9-18)15(17)8-14/h4-5,8,11,13,19H,2-3,6-7,10H2,1H3,(H,20,21). The topological polar surface area (TPSA) is 64.9 Å². The molecule has 2 N–H and O–H groups in total. The monoisotopic (exact) mass is 305 g/mol. The fourth-order valence-electron chi connectivity index (χ4n) is 2.72. The van der Waals surface area contributed by atoms with E-state index in [0.29, 0.717) is 34.5 Å². The lowest BCUT2D eigenvalue weighted by Gasteiger charge is -2.28. The average molecular weight is 306 g/mol. The third-order valence-corrected chi connectivity index (χ3v) is 4.33. The van der Waals surface area contributed by atoms with E-state index >= 15 is 0 Å². The van der Waals surface area contributed by atoms with Gasteiger partial charge >= 0.3 is 0 Å². The van der Waals surface area contributed by atoms with Crippen molar-refractivity contribution >= 4 is 23.2 Å². The number of halogens is 1. The zero-order valence-corrected chi connectivity index (χ0v) is 12.9. The Kier molecular flexibility index (Phi) is 5.60. The average Bonchev–Trinajstić information content (AvgIpc) is 2.48. The summed E-state index contributed by atoms with van der Waals surface area (Å²) in [5, 5.41) is 15.4. The van der Waals surface area contributed by atoms with Crippen LogP contribution in [0.2, 0.25) is 5.02 Å². The second kappa shape index (κ2) is 7.44. The molecule has 112 valence electrons. The van der Waals surface area contributed by atoms with Gasteiger partial charge in [0.05, 0.1) is 10.6 Å². The first-order chi connectivity index (χ1) is 10.1. The number of carbonyl (C=O) groups excluding carboxylic acids is 1. The number of rotatable bonds is 4. The Hall–Kier alpha value is -1.57. The Bertz CT molecular complexity index is 547. The third-order valence-electron chi connectivity index (χ3n) is 4.02. The van der Waals surface area contributed by atoms with Gasteiger partial charge < -0.3 is 10.6 Å². The fraction of sp³-hybridized carbons (Fsp3) is 0.500. The van der Waals surface area contributed by atoms with Gasteiger partial charge in [0.15, 0.2) is 0 Å². The molecule has 1 saturated heterocycles. The van der Waals surface area contributed by atoms with Crippen LogP contribution in [0.25, 0.3) is 0 Å². The summed E-state index contributed by atoms with van der Waals surface area (Å²) in [6, 6.07) is 6.94. The van der Waals surface area contributed by atoms with Gasteiger partial charge in [-0.05, 0) is 56.0 Å². The number of carbonyl (C=O) groups is 1. The largest absolute Gasteiger partial charge is 0.326 e. The highest BCUT2D eigenvalue weighted by molar-refractivity contribution is 6.32. The predicted octanol–water partition coefficient (Wildman–Crippen LogP) is 3.18. The van der Waals surface area contributed by atoms with Gasteiger partial charge in [0, 0.05) is 12.1 Å². The summed E-state index contributed by atoms with van der Waals surface area (Å²) in [7, 11) is 0. The number of nitriles is 1. The molecule has 4 nitrogen and oxygen atoms in total. The molecule has 0 spiro atoms. The van der Waals surface area contributed by atoms with Gasteiger partial charge in [-0.2, -0.15) is 5.26 Å². The fourth-order valence-corrected chi connectivity index (χ4v) is 2.94. The van der Waals surface area contributed by atoms with Crippen LogP contribution >= 0.6 is 11.6 Å². The minimum atomic E-state index is -0.00570. The summed E-state index contributed by atoms with van der Waals surface area (Å²) in [5.41, 5.74) is 1.05. The summed E-state index contributed by atoms with van der Waals surface area (Å²) in [6.07, 6.45) is 2.87. The lowest BCUT2D eigenvalue weighted by molar-refractivity contribution is -0.117. The van der Waals surface area contributed by atoms with E-state index in [1.54, 1.807) is 18.2 Å². The highest BCUT2D eigenvalue weighted by atomic mass is 35.5. The van der Waals surface area contributed by atoms with Gasteiger partial charge in [0.1, 0.15) is 6.07 Å². The van der Waals surface area contributed by atoms with Crippen molar-refractivity contribution in [3.63, 3.8) is 0 Å². The molecular weight excluding hydrogens is 286 g/mol. The first-order valence-corrected chi connectivity index (χ1v) is 7.68. The van der Waals surface area contributed by atoms with Crippen LogP contribution < -0.4 is 10.6 Å². The lowest BCUT2D eigenvalue weighted by Crippen LogP contribution is -2.34. The molecule has 0 bridgehead atoms. The zero-order valence-electron chi connectivity index (χ0n) is 12.2. The van der Waals surface area contributed by atoms with Crippen LogP contribution in [0.15, 0.2) is 18.2 Å². The van der Waals surface area contributed by atoms with Gasteiger partial charge in [-0.25, -0.2) is 0 Å². The smallest absolute Gasteiger partial charge is 0.224 e. The van der Waals surface area contributed by atoms with Crippen molar-refractivity contribution < 1.29 is 4.79 Å². The molecule has 2 unspecified atom stereocenters. The summed E-state index contributed by atoms with van der Waals surface area (Å²) in [5.74, 6) is 0.912. The summed E-state index contributed by atoms with van der Waals surface area (Å²) < 4.78 is 0. The van der Waals surface area contributed by atoms with E-state index in [9.17, 15) is 4.79 Å². The molecular formula is C16H20ClN3O. The number of hydrogen-bond donors (Lipinski definition) is 2. The number of nitrogens with one attached hydrogen (secondary N) is 2. The van der Waals surface area contributed by atoms with Crippen LogP contribution in [0.4, 0.5) is 5.69 Å². The Morgan fingerprint density at radius 3 is 3.05 bits per heavy atom. The highest BCUT2D eigenvalue weighted by Gasteiger charge is 2.22. The SMILES string of the molecule is CC(CC(=O)Nc1ccc(C#N)c(Cl)c1)C1CCCNC1. The number of benzene rings is 1. The van der Waals surface area contributed by atoms with Crippen molar-refractivity contribution in [2.75, 3.05) is 18.4 Å². The molecule has 0 radical (unpaired) electrons. The van der Waals surface area contributed by atoms with E-state index in [0.717, 1.165) is 13.1 Å². The molecule has 1 aliphatic heterocycles. The number of nitrogens with zero attached hydrogens (tertiary/aromatic N) is 1. The maximum absolute atomic E-state index is 12.1. The van der Waals surface area contributed by atoms with Gasteiger partial charge in [-0.3, -0.25) is 4.79 Å². The van der Waals surface area contributed by atoms with E-state index < -0.39 is 0 Å². The van der Waals surface area contributed by atoms with E-state index in [1.165, 1.54) is 12.8 Å². The third kappa shape index (κ3) is 4.45. The van der Waals surface area contributed by atoms with Crippen LogP contribution in [0.5, 0.6) is 0 Å². The maximum Gasteiger partial charge on any atom is 0.224 e. The van der Waals surface area contributed by atoms with Crippen molar-refractivity contribution in [2.45, 2.75) is 26.2 Å². The van der Waals surface area contributed by atoms with Crippen molar-refractivity contribution in [3.05, 3.63) is 28.8 Å². The molecule has 1 aromatic rings. The molecule has 5 heteroatoms. The predicted molar refractivity (Wildman–Crippen MR) is 84.2 cm³/mol. The Labute approximate surface area is 130 Å². The number of hydrogen-bond acceptors (Lipinski definition) is 3. The quantitative estimate of drug-likeness (QED) is 0.898. The second-order valence-electron chi connectivity index (χ2n) is 5.64. The lowest BCUT2D eigenvalue weighted by atomic mass is 9.85. The summed E-state index contributed by atoms with van der Waals surface area (Å²) in [6.45, 7) is 4.21. The van der Waals surface area contributed by atoms with Crippen LogP contribution in [0.3, 0.4) is 0 Å². The zero-order chi connectivity index (χ0) is 15.2. The normalized spacial score (nSPS) is 19.6. The van der Waals surface area contributed by atoms with E-state index in [4.69, 9.17) is 16.9 Å². The van der Waals surface area contributed by atoms with Crippen molar-refractivity contribution in [1.82, 2.24) is 5.32 Å². The summed E-state index contributed by atoms with van der Waals surface area (Å²) >= 11 is 5.96. The molecule has 1 aromatic carbocycles. The van der Waals surface area contributed by atoms with E-state index in [1.807, 2.05) is 6.07 Å². The molecule has 1 heterocycles. The Morgan fingerprint density at radius 2 is 2.43 bits per heavy atom. The van der Waals surface area contributed by atoms with E-state index in [2.05, 4.69) is 17.6 Å². The maximum atomic E-state index is 12.1. The van der Waals surface area contributed by atoms with Crippen LogP contribution in [-0.2, 0) is 4.79 Å². The minimum Gasteiger partial charge on any atom is -0.326 e. The Balaban J connectivity index is 1.89. The molecule has 0 aromatic heterocycles. The molecule has 1 fully saturated rings. The molecule has 1 amide bonds. The Morgan fingerprint density at radius 1 is 1.62 bits per heavy atom. The van der Waals surface area contributed by atoms with Crippen LogP contribution in [0.1, 0.15) is 31.7 Å². The van der Waals surface area contributed by atoms with Crippen LogP contribution in [-0.4, -0.2) is 19.0 Å². The molecule has 1 aliphatic rings. The van der Waals surface area contributed by atoms with Gasteiger partial charge in [0.25, 0.3) is 0 Å². The number of anilines is 1. The second-order valence-corrected chi connectivity index (χ2v) is 6.05. The van der Waals surface area contributed by atoms with Crippen molar-refractivity contribution in [2.24, 2.45) is 11.8 Å². The van der Waals surface area contributed by atoms with Gasteiger partial charge in [-0.15, -0.1) is 0 Å². The minimum absolute atomic E-state index is 0.00570. The van der Waals surface area contributed by atoms with Gasteiger partial charge in [-0.1, -0.05) is 18.5 Å². The highest BCUT2D eigenvalue weighted by Crippen LogP contribution is 2.24. The van der Waals surface area contributed by atoms with Crippen molar-refractivity contribution in [1.29, 1.82) is 5.26 Å². The van der Waals surface area contributed by atoms with Crippen LogP contribution in [0, 0.1) is 23.2 Å². The first kappa shape index (κ1) is 15.8. The van der Waals surface area contributed by atoms with Crippen molar-refractivity contribution in [3.8, 4) is 6.07 Å². The number of piperidine rings is 1. The van der Waals surface area contributed by atoms with Gasteiger partial charge in [0.2, 0.25) is 5.91 Å². The summed E-state index contributed by atoms with van der Waals surface area (Å²) in [4.78, 5) is 12.1. The first-order valence-electron chi connectivity index (χ1n) is 7.30. The molecule has 21 heavy (non-hydrogen) atoms. The molecule has 2 atom stereocenters. The number of amides is 1. The van der Waals surface area contributed by atoms with E-state index in [-0.39, 0.29) is 5.91 Å². The molecule has 0 saturated carbocycles. The molecule has 2 rings (SSSR count). The molecule has 0 aliphatic carbocycles.